The fourth-order valence-corrected chi connectivity index (χ4v) is 3.43. The fourth-order valence-electron chi connectivity index (χ4n) is 3.43. The first kappa shape index (κ1) is 33.1. The molecule has 0 saturated carbocycles. The molecule has 2 N–H and O–H groups in total. The van der Waals surface area contributed by atoms with E-state index in [2.05, 4.69) is 37.0 Å². The third kappa shape index (κ3) is 27.4. The van der Waals surface area contributed by atoms with E-state index in [9.17, 15) is 4.79 Å². The highest BCUT2D eigenvalue weighted by Gasteiger charge is 2.07. The normalized spacial score (nSPS) is 12.4. The van der Waals surface area contributed by atoms with Crippen LogP contribution in [0.15, 0.2) is 12.2 Å². The predicted octanol–water partition coefficient (Wildman–Crippen LogP) is 6.37. The molecule has 0 aliphatic carbocycles. The number of esters is 1. The number of allylic oxidation sites excluding steroid dienone is 2. The standard InChI is InChI=1S/C27H53BN2O4/c1-3-5-7-8-9-10-11-12-13-14-15-16-17-18-19-20-27(31)32-24-26(28)25-34-30-33-23-22-29-21-6-4-2/h12-13,26,29-30H,3-11,14-25H2,1-2H3/b13-12-. The van der Waals surface area contributed by atoms with Gasteiger partial charge in [0.15, 0.2) is 0 Å². The van der Waals surface area contributed by atoms with Gasteiger partial charge in [-0.25, -0.2) is 0 Å². The fraction of sp³-hybridized carbons (Fsp3) is 0.889. The molecule has 0 aliphatic heterocycles. The Morgan fingerprint density at radius 3 is 2.06 bits per heavy atom. The quantitative estimate of drug-likeness (QED) is 0.0468. The lowest BCUT2D eigenvalue weighted by atomic mass is 9.89. The molecule has 0 heterocycles. The Hall–Kier alpha value is -0.885. The van der Waals surface area contributed by atoms with Gasteiger partial charge in [0.05, 0.1) is 27.7 Å². The number of hydrogen-bond donors (Lipinski definition) is 2. The van der Waals surface area contributed by atoms with Gasteiger partial charge in [0.25, 0.3) is 0 Å². The molecular formula is C27H53BN2O4. The van der Waals surface area contributed by atoms with Gasteiger partial charge < -0.3 is 10.1 Å². The van der Waals surface area contributed by atoms with Gasteiger partial charge in [-0.05, 0) is 50.9 Å². The van der Waals surface area contributed by atoms with Crippen molar-refractivity contribution in [2.24, 2.45) is 0 Å². The number of rotatable bonds is 27. The van der Waals surface area contributed by atoms with Gasteiger partial charge in [0, 0.05) is 13.0 Å². The number of ether oxygens (including phenoxy) is 1. The first-order valence-electron chi connectivity index (χ1n) is 14.0. The molecule has 2 radical (unpaired) electrons. The Balaban J connectivity index is 3.33. The summed E-state index contributed by atoms with van der Waals surface area (Å²) in [4.78, 5) is 22.1. The number of nitrogens with one attached hydrogen (secondary N) is 2. The smallest absolute Gasteiger partial charge is 0.305 e. The zero-order chi connectivity index (χ0) is 25.0. The second-order valence-electron chi connectivity index (χ2n) is 9.12. The van der Waals surface area contributed by atoms with E-state index in [0.29, 0.717) is 13.0 Å². The average molecular weight is 481 g/mol. The largest absolute Gasteiger partial charge is 0.466 e. The summed E-state index contributed by atoms with van der Waals surface area (Å²) in [6.45, 7) is 7.05. The molecule has 198 valence electrons. The van der Waals surface area contributed by atoms with Crippen LogP contribution in [0.25, 0.3) is 0 Å². The van der Waals surface area contributed by atoms with E-state index in [4.69, 9.17) is 22.3 Å². The number of carbonyl (C=O) groups is 1. The van der Waals surface area contributed by atoms with Crippen LogP contribution in [0.4, 0.5) is 0 Å². The van der Waals surface area contributed by atoms with Gasteiger partial charge in [-0.15, -0.1) is 0 Å². The Labute approximate surface area is 211 Å². The SMILES string of the molecule is [B]C(CONOCCNCCCC)COC(=O)CCCCCCC/C=C\CCCCCCCC. The minimum absolute atomic E-state index is 0.157. The summed E-state index contributed by atoms with van der Waals surface area (Å²) in [7, 11) is 5.89. The van der Waals surface area contributed by atoms with Gasteiger partial charge in [0.2, 0.25) is 0 Å². The van der Waals surface area contributed by atoms with E-state index >= 15 is 0 Å². The Morgan fingerprint density at radius 1 is 0.765 bits per heavy atom. The molecule has 1 unspecified atom stereocenters. The summed E-state index contributed by atoms with van der Waals surface area (Å²) >= 11 is 0. The maximum atomic E-state index is 11.8. The summed E-state index contributed by atoms with van der Waals surface area (Å²) in [5.41, 5.74) is 2.41. The zero-order valence-corrected chi connectivity index (χ0v) is 22.3. The van der Waals surface area contributed by atoms with E-state index in [1.165, 1.54) is 77.0 Å². The molecule has 0 amide bonds. The molecular weight excluding hydrogens is 427 g/mol. The van der Waals surface area contributed by atoms with Crippen LogP contribution in [0.2, 0.25) is 5.82 Å². The highest BCUT2D eigenvalue weighted by atomic mass is 16.9. The molecule has 0 aromatic carbocycles. The van der Waals surface area contributed by atoms with E-state index in [0.717, 1.165) is 32.4 Å². The van der Waals surface area contributed by atoms with Crippen molar-refractivity contribution in [3.8, 4) is 0 Å². The van der Waals surface area contributed by atoms with Crippen LogP contribution >= 0.6 is 0 Å². The van der Waals surface area contributed by atoms with Gasteiger partial charge >= 0.3 is 5.97 Å². The number of unbranched alkanes of at least 4 members (excludes halogenated alkanes) is 12. The molecule has 0 fully saturated rings. The van der Waals surface area contributed by atoms with Crippen molar-refractivity contribution in [3.05, 3.63) is 12.2 Å². The summed E-state index contributed by atoms with van der Waals surface area (Å²) in [5.74, 6) is -0.563. The van der Waals surface area contributed by atoms with E-state index < -0.39 is 0 Å². The Morgan fingerprint density at radius 2 is 1.38 bits per heavy atom. The predicted molar refractivity (Wildman–Crippen MR) is 143 cm³/mol. The van der Waals surface area contributed by atoms with Crippen LogP contribution in [-0.2, 0) is 19.2 Å². The van der Waals surface area contributed by atoms with Crippen molar-refractivity contribution < 1.29 is 19.2 Å². The molecule has 0 aliphatic rings. The molecule has 0 rings (SSSR count). The lowest BCUT2D eigenvalue weighted by Gasteiger charge is -2.13. The van der Waals surface area contributed by atoms with Crippen molar-refractivity contribution >= 4 is 13.8 Å². The van der Waals surface area contributed by atoms with Gasteiger partial charge in [0.1, 0.15) is 0 Å². The highest BCUT2D eigenvalue weighted by molar-refractivity contribution is 6.11. The second kappa shape index (κ2) is 28.4. The molecule has 0 saturated heterocycles. The summed E-state index contributed by atoms with van der Waals surface area (Å²) in [5, 5.41) is 3.26. The molecule has 0 spiro atoms. The van der Waals surface area contributed by atoms with Crippen LogP contribution in [0.3, 0.4) is 0 Å². The Kier molecular flexibility index (Phi) is 27.6. The average Bonchev–Trinajstić information content (AvgIpc) is 2.84. The minimum Gasteiger partial charge on any atom is -0.466 e. The van der Waals surface area contributed by atoms with Gasteiger partial charge in [-0.1, -0.05) is 89.4 Å². The monoisotopic (exact) mass is 480 g/mol. The van der Waals surface area contributed by atoms with Crippen molar-refractivity contribution in [3.63, 3.8) is 0 Å². The highest BCUT2D eigenvalue weighted by Crippen LogP contribution is 2.10. The third-order valence-corrected chi connectivity index (χ3v) is 5.60. The minimum atomic E-state index is -0.378. The maximum Gasteiger partial charge on any atom is 0.305 e. The molecule has 7 heteroatoms. The van der Waals surface area contributed by atoms with Crippen LogP contribution < -0.4 is 11.0 Å². The molecule has 1 atom stereocenters. The van der Waals surface area contributed by atoms with Gasteiger partial charge in [-0.3, -0.25) is 14.5 Å². The number of carbonyl (C=O) groups excluding carboxylic acids is 1. The first-order valence-corrected chi connectivity index (χ1v) is 14.0. The molecule has 6 nitrogen and oxygen atoms in total. The zero-order valence-electron chi connectivity index (χ0n) is 22.3. The van der Waals surface area contributed by atoms with Crippen molar-refractivity contribution in [1.82, 2.24) is 11.0 Å². The summed E-state index contributed by atoms with van der Waals surface area (Å²) in [6, 6.07) is 0. The lowest BCUT2D eigenvalue weighted by Crippen LogP contribution is -2.26. The Bertz CT molecular complexity index is 452. The van der Waals surface area contributed by atoms with Crippen LogP contribution in [0.5, 0.6) is 0 Å². The van der Waals surface area contributed by atoms with E-state index in [-0.39, 0.29) is 25.0 Å². The summed E-state index contributed by atoms with van der Waals surface area (Å²) < 4.78 is 5.22. The van der Waals surface area contributed by atoms with Crippen molar-refractivity contribution in [2.75, 3.05) is 32.9 Å². The van der Waals surface area contributed by atoms with Crippen LogP contribution in [0.1, 0.15) is 117 Å². The maximum absolute atomic E-state index is 11.8. The molecule has 0 aromatic heterocycles. The van der Waals surface area contributed by atoms with Crippen LogP contribution in [-0.4, -0.2) is 46.7 Å². The first-order chi connectivity index (χ1) is 16.7. The van der Waals surface area contributed by atoms with E-state index in [1.807, 2.05) is 0 Å². The van der Waals surface area contributed by atoms with Crippen LogP contribution in [0, 0.1) is 0 Å². The van der Waals surface area contributed by atoms with Gasteiger partial charge in [-0.2, -0.15) is 0 Å². The summed E-state index contributed by atoms with van der Waals surface area (Å²) in [6.07, 6.45) is 23.6. The third-order valence-electron chi connectivity index (χ3n) is 5.60. The molecule has 0 bridgehead atoms. The topological polar surface area (TPSA) is 68.8 Å². The second-order valence-corrected chi connectivity index (χ2v) is 9.12. The van der Waals surface area contributed by atoms with Crippen molar-refractivity contribution in [2.45, 2.75) is 122 Å². The lowest BCUT2D eigenvalue weighted by molar-refractivity contribution is -0.171. The molecule has 0 aromatic rings. The molecule has 34 heavy (non-hydrogen) atoms. The van der Waals surface area contributed by atoms with E-state index in [1.54, 1.807) is 0 Å². The van der Waals surface area contributed by atoms with Crippen molar-refractivity contribution in [1.29, 1.82) is 0 Å². The number of hydrogen-bond acceptors (Lipinski definition) is 6.